The Bertz CT molecular complexity index is 796. The molecule has 3 aromatic rings. The molecule has 3 rings (SSSR count). The molecule has 20 heavy (non-hydrogen) atoms. The van der Waals surface area contributed by atoms with Crippen molar-refractivity contribution in [1.82, 2.24) is 24.3 Å². The van der Waals surface area contributed by atoms with Crippen LogP contribution in [0.4, 0.5) is 5.95 Å². The minimum Gasteiger partial charge on any atom is -0.369 e. The second kappa shape index (κ2) is 4.33. The number of aryl methyl sites for hydroxylation is 3. The van der Waals surface area contributed by atoms with Gasteiger partial charge in [-0.05, 0) is 32.9 Å². The standard InChI is InChI=1S/C14H18N6/c1-8-5-6-12-13(16-8)20(14(15)17-12)7-11-9(2)18-19(4)10(11)3/h5-6H,7H2,1-4H3,(H2,15,17). The van der Waals surface area contributed by atoms with E-state index in [2.05, 4.69) is 22.0 Å². The number of hydrogen-bond donors (Lipinski definition) is 1. The Balaban J connectivity index is 2.15. The van der Waals surface area contributed by atoms with Crippen molar-refractivity contribution < 1.29 is 0 Å². The van der Waals surface area contributed by atoms with Crippen LogP contribution in [0.25, 0.3) is 11.2 Å². The predicted molar refractivity (Wildman–Crippen MR) is 78.5 cm³/mol. The molecule has 0 saturated carbocycles. The summed E-state index contributed by atoms with van der Waals surface area (Å²) in [6.45, 7) is 6.68. The monoisotopic (exact) mass is 270 g/mol. The molecule has 0 bridgehead atoms. The number of imidazole rings is 1. The lowest BCUT2D eigenvalue weighted by molar-refractivity contribution is 0.728. The summed E-state index contributed by atoms with van der Waals surface area (Å²) in [7, 11) is 1.95. The Hall–Kier alpha value is -2.37. The summed E-state index contributed by atoms with van der Waals surface area (Å²) in [6.07, 6.45) is 0. The topological polar surface area (TPSA) is 74.5 Å². The van der Waals surface area contributed by atoms with Crippen LogP contribution in [0.15, 0.2) is 12.1 Å². The highest BCUT2D eigenvalue weighted by molar-refractivity contribution is 5.74. The number of anilines is 1. The Morgan fingerprint density at radius 3 is 2.55 bits per heavy atom. The Labute approximate surface area is 117 Å². The molecular formula is C14H18N6. The molecule has 0 fully saturated rings. The summed E-state index contributed by atoms with van der Waals surface area (Å²) < 4.78 is 3.83. The maximum Gasteiger partial charge on any atom is 0.202 e. The maximum atomic E-state index is 6.04. The van der Waals surface area contributed by atoms with Crippen LogP contribution in [0.5, 0.6) is 0 Å². The van der Waals surface area contributed by atoms with Crippen LogP contribution in [-0.4, -0.2) is 24.3 Å². The molecule has 0 spiro atoms. The van der Waals surface area contributed by atoms with Gasteiger partial charge in [-0.15, -0.1) is 0 Å². The molecule has 0 aliphatic heterocycles. The van der Waals surface area contributed by atoms with E-state index in [1.54, 1.807) is 0 Å². The third-order valence-corrected chi connectivity index (χ3v) is 3.74. The molecular weight excluding hydrogens is 252 g/mol. The van der Waals surface area contributed by atoms with Gasteiger partial charge in [-0.1, -0.05) is 0 Å². The fraction of sp³-hybridized carbons (Fsp3) is 0.357. The zero-order valence-corrected chi connectivity index (χ0v) is 12.2. The minimum atomic E-state index is 0.487. The third kappa shape index (κ3) is 1.84. The second-order valence-electron chi connectivity index (χ2n) is 5.12. The molecule has 6 nitrogen and oxygen atoms in total. The quantitative estimate of drug-likeness (QED) is 0.769. The lowest BCUT2D eigenvalue weighted by Gasteiger charge is -2.07. The first-order valence-electron chi connectivity index (χ1n) is 6.56. The lowest BCUT2D eigenvalue weighted by atomic mass is 10.2. The summed E-state index contributed by atoms with van der Waals surface area (Å²) in [6, 6.07) is 3.90. The van der Waals surface area contributed by atoms with Crippen molar-refractivity contribution in [3.63, 3.8) is 0 Å². The number of nitrogens with zero attached hydrogens (tertiary/aromatic N) is 5. The molecule has 0 radical (unpaired) electrons. The van der Waals surface area contributed by atoms with Crippen LogP contribution in [-0.2, 0) is 13.6 Å². The van der Waals surface area contributed by atoms with Crippen LogP contribution in [0.2, 0.25) is 0 Å². The van der Waals surface area contributed by atoms with Gasteiger partial charge in [-0.25, -0.2) is 9.97 Å². The predicted octanol–water partition coefficient (Wildman–Crippen LogP) is 1.72. The van der Waals surface area contributed by atoms with Gasteiger partial charge in [-0.3, -0.25) is 9.25 Å². The molecule has 104 valence electrons. The summed E-state index contributed by atoms with van der Waals surface area (Å²) in [4.78, 5) is 8.92. The van der Waals surface area contributed by atoms with Crippen LogP contribution < -0.4 is 5.73 Å². The molecule has 3 heterocycles. The maximum absolute atomic E-state index is 6.04. The van der Waals surface area contributed by atoms with E-state index in [9.17, 15) is 0 Å². The van der Waals surface area contributed by atoms with Gasteiger partial charge in [0.2, 0.25) is 5.95 Å². The average molecular weight is 270 g/mol. The normalized spacial score (nSPS) is 11.4. The fourth-order valence-electron chi connectivity index (χ4n) is 2.47. The summed E-state index contributed by atoms with van der Waals surface area (Å²) in [5.41, 5.74) is 12.0. The van der Waals surface area contributed by atoms with Gasteiger partial charge < -0.3 is 5.73 Å². The van der Waals surface area contributed by atoms with Gasteiger partial charge in [0.1, 0.15) is 5.52 Å². The number of hydrogen-bond acceptors (Lipinski definition) is 4. The van der Waals surface area contributed by atoms with Crippen molar-refractivity contribution >= 4 is 17.1 Å². The molecule has 0 atom stereocenters. The average Bonchev–Trinajstić information content (AvgIpc) is 2.82. The first-order valence-corrected chi connectivity index (χ1v) is 6.56. The molecule has 2 N–H and O–H groups in total. The van der Waals surface area contributed by atoms with E-state index in [4.69, 9.17) is 5.73 Å². The van der Waals surface area contributed by atoms with Gasteiger partial charge >= 0.3 is 0 Å². The molecule has 3 aromatic heterocycles. The van der Waals surface area contributed by atoms with Crippen LogP contribution in [0.3, 0.4) is 0 Å². The summed E-state index contributed by atoms with van der Waals surface area (Å²) in [5, 5.41) is 4.44. The molecule has 0 aliphatic carbocycles. The second-order valence-corrected chi connectivity index (χ2v) is 5.12. The highest BCUT2D eigenvalue weighted by Gasteiger charge is 2.15. The lowest BCUT2D eigenvalue weighted by Crippen LogP contribution is -2.07. The summed E-state index contributed by atoms with van der Waals surface area (Å²) in [5.74, 6) is 0.487. The van der Waals surface area contributed by atoms with Gasteiger partial charge in [0.15, 0.2) is 5.65 Å². The first-order chi connectivity index (χ1) is 9.47. The molecule has 0 unspecified atom stereocenters. The smallest absolute Gasteiger partial charge is 0.202 e. The zero-order chi connectivity index (χ0) is 14.4. The largest absolute Gasteiger partial charge is 0.369 e. The first kappa shape index (κ1) is 12.7. The third-order valence-electron chi connectivity index (χ3n) is 3.74. The minimum absolute atomic E-state index is 0.487. The van der Waals surface area contributed by atoms with E-state index < -0.39 is 0 Å². The number of aromatic nitrogens is 5. The zero-order valence-electron chi connectivity index (χ0n) is 12.2. The van der Waals surface area contributed by atoms with E-state index in [-0.39, 0.29) is 0 Å². The van der Waals surface area contributed by atoms with E-state index >= 15 is 0 Å². The summed E-state index contributed by atoms with van der Waals surface area (Å²) >= 11 is 0. The SMILES string of the molecule is Cc1ccc2nc(N)n(Cc3c(C)nn(C)c3C)c2n1. The Morgan fingerprint density at radius 2 is 1.90 bits per heavy atom. The van der Waals surface area contributed by atoms with Crippen LogP contribution in [0, 0.1) is 20.8 Å². The van der Waals surface area contributed by atoms with E-state index in [0.29, 0.717) is 12.5 Å². The van der Waals surface area contributed by atoms with Gasteiger partial charge in [-0.2, -0.15) is 5.10 Å². The van der Waals surface area contributed by atoms with Crippen molar-refractivity contribution in [3.8, 4) is 0 Å². The van der Waals surface area contributed by atoms with Crippen molar-refractivity contribution in [2.75, 3.05) is 5.73 Å². The highest BCUT2D eigenvalue weighted by atomic mass is 15.3. The van der Waals surface area contributed by atoms with Crippen molar-refractivity contribution in [3.05, 3.63) is 34.8 Å². The van der Waals surface area contributed by atoms with E-state index in [1.807, 2.05) is 42.3 Å². The molecule has 0 aromatic carbocycles. The Morgan fingerprint density at radius 1 is 1.15 bits per heavy atom. The van der Waals surface area contributed by atoms with Gasteiger partial charge in [0.05, 0.1) is 12.2 Å². The highest BCUT2D eigenvalue weighted by Crippen LogP contribution is 2.21. The number of nitrogens with two attached hydrogens (primary N) is 1. The molecule has 0 saturated heterocycles. The Kier molecular flexibility index (Phi) is 2.74. The van der Waals surface area contributed by atoms with Crippen LogP contribution in [0.1, 0.15) is 22.6 Å². The van der Waals surface area contributed by atoms with E-state index in [0.717, 1.165) is 28.2 Å². The van der Waals surface area contributed by atoms with Crippen molar-refractivity contribution in [1.29, 1.82) is 0 Å². The van der Waals surface area contributed by atoms with Crippen LogP contribution >= 0.6 is 0 Å². The number of nitrogen functional groups attached to an aromatic ring is 1. The van der Waals surface area contributed by atoms with E-state index in [1.165, 1.54) is 5.56 Å². The molecule has 6 heteroatoms. The van der Waals surface area contributed by atoms with Gasteiger partial charge in [0, 0.05) is 24.0 Å². The number of rotatable bonds is 2. The van der Waals surface area contributed by atoms with Crippen molar-refractivity contribution in [2.45, 2.75) is 27.3 Å². The number of fused-ring (bicyclic) bond motifs is 1. The number of pyridine rings is 1. The molecule has 0 aliphatic rings. The molecule has 0 amide bonds. The van der Waals surface area contributed by atoms with Gasteiger partial charge in [0.25, 0.3) is 0 Å². The fourth-order valence-corrected chi connectivity index (χ4v) is 2.47. The van der Waals surface area contributed by atoms with Crippen molar-refractivity contribution in [2.24, 2.45) is 7.05 Å².